The molecule has 4 rings (SSSR count). The Hall–Kier alpha value is -2.40. The first-order valence-corrected chi connectivity index (χ1v) is 12.4. The Kier molecular flexibility index (Phi) is 7.92. The Morgan fingerprint density at radius 3 is 2.62 bits per heavy atom. The predicted molar refractivity (Wildman–Crippen MR) is 135 cm³/mol. The van der Waals surface area contributed by atoms with Gasteiger partial charge in [-0.05, 0) is 69.7 Å². The van der Waals surface area contributed by atoms with Gasteiger partial charge in [0, 0.05) is 54.8 Å². The third-order valence-corrected chi connectivity index (χ3v) is 7.15. The Morgan fingerprint density at radius 1 is 1.21 bits per heavy atom. The number of pyridine rings is 1. The van der Waals surface area contributed by atoms with Crippen LogP contribution in [0, 0.1) is 22.6 Å². The second-order valence-corrected chi connectivity index (χ2v) is 10.1. The molecule has 3 N–H and O–H groups in total. The van der Waals surface area contributed by atoms with Gasteiger partial charge in [-0.1, -0.05) is 11.6 Å². The molecular weight excluding hydrogens is 453 g/mol. The number of aromatic nitrogens is 1. The maximum absolute atomic E-state index is 14.8. The lowest BCUT2D eigenvalue weighted by Crippen LogP contribution is -2.42. The van der Waals surface area contributed by atoms with Crippen molar-refractivity contribution in [1.82, 2.24) is 10.3 Å². The first-order chi connectivity index (χ1) is 16.4. The standard InChI is InChI=1S/C26H33ClFN5O/c1-17(14-34-2)32-18-3-5-19(6-4-18)33-25-12-21(23(27)13-30-25)22-11-20(7-8-24(22)28)31-16-26(15-29)9-10-26/h7-8,11-13,17-19,31-32H,3-6,9-10,14,16H2,1-2H3,(H,30,33)/t17-,18?,19?/m1/s1. The Balaban J connectivity index is 1.41. The zero-order valence-electron chi connectivity index (χ0n) is 19.8. The summed E-state index contributed by atoms with van der Waals surface area (Å²) in [5.41, 5.74) is 1.51. The fraction of sp³-hybridized carbons (Fsp3) is 0.538. The van der Waals surface area contributed by atoms with Crippen LogP contribution in [0.3, 0.4) is 0 Å². The van der Waals surface area contributed by atoms with E-state index in [0.29, 0.717) is 53.2 Å². The molecule has 8 heteroatoms. The number of rotatable bonds is 10. The van der Waals surface area contributed by atoms with E-state index in [1.54, 1.807) is 25.4 Å². The van der Waals surface area contributed by atoms with Crippen LogP contribution in [-0.2, 0) is 4.74 Å². The first kappa shape index (κ1) is 24.7. The number of hydrogen-bond donors (Lipinski definition) is 3. The van der Waals surface area contributed by atoms with E-state index in [1.807, 2.05) is 6.07 Å². The Bertz CT molecular complexity index is 1030. The van der Waals surface area contributed by atoms with Gasteiger partial charge in [-0.3, -0.25) is 0 Å². The van der Waals surface area contributed by atoms with Crippen LogP contribution in [-0.4, -0.2) is 43.4 Å². The lowest BCUT2D eigenvalue weighted by atomic mass is 9.90. The number of benzene rings is 1. The first-order valence-electron chi connectivity index (χ1n) is 12.0. The van der Waals surface area contributed by atoms with Crippen LogP contribution >= 0.6 is 11.6 Å². The molecule has 0 radical (unpaired) electrons. The van der Waals surface area contributed by atoms with E-state index >= 15 is 0 Å². The number of methoxy groups -OCH3 is 1. The Labute approximate surface area is 206 Å². The quantitative estimate of drug-likeness (QED) is 0.406. The molecule has 0 bridgehead atoms. The van der Waals surface area contributed by atoms with Crippen LogP contribution in [0.15, 0.2) is 30.5 Å². The van der Waals surface area contributed by atoms with Crippen molar-refractivity contribution in [1.29, 1.82) is 5.26 Å². The molecule has 0 unspecified atom stereocenters. The summed E-state index contributed by atoms with van der Waals surface area (Å²) in [5.74, 6) is 0.352. The van der Waals surface area contributed by atoms with Crippen LogP contribution in [0.1, 0.15) is 45.4 Å². The highest BCUT2D eigenvalue weighted by molar-refractivity contribution is 6.33. The zero-order valence-corrected chi connectivity index (χ0v) is 20.6. The summed E-state index contributed by atoms with van der Waals surface area (Å²) in [4.78, 5) is 4.44. The third-order valence-electron chi connectivity index (χ3n) is 6.85. The van der Waals surface area contributed by atoms with Crippen molar-refractivity contribution < 1.29 is 9.13 Å². The van der Waals surface area contributed by atoms with Crippen molar-refractivity contribution in [2.75, 3.05) is 30.9 Å². The lowest BCUT2D eigenvalue weighted by molar-refractivity contribution is 0.161. The van der Waals surface area contributed by atoms with Gasteiger partial charge in [0.1, 0.15) is 11.6 Å². The monoisotopic (exact) mass is 485 g/mol. The minimum atomic E-state index is -0.345. The van der Waals surface area contributed by atoms with E-state index in [0.717, 1.165) is 44.2 Å². The zero-order chi connectivity index (χ0) is 24.1. The molecule has 0 amide bonds. The molecule has 0 spiro atoms. The van der Waals surface area contributed by atoms with E-state index in [-0.39, 0.29) is 11.2 Å². The van der Waals surface area contributed by atoms with E-state index < -0.39 is 0 Å². The lowest BCUT2D eigenvalue weighted by Gasteiger charge is -2.32. The number of nitrogens with one attached hydrogen (secondary N) is 3. The van der Waals surface area contributed by atoms with Crippen molar-refractivity contribution in [2.45, 2.75) is 63.6 Å². The number of hydrogen-bond acceptors (Lipinski definition) is 6. The molecule has 1 atom stereocenters. The molecule has 2 aromatic rings. The highest BCUT2D eigenvalue weighted by atomic mass is 35.5. The Morgan fingerprint density at radius 2 is 1.94 bits per heavy atom. The maximum atomic E-state index is 14.8. The van der Waals surface area contributed by atoms with Crippen molar-refractivity contribution in [3.05, 3.63) is 41.3 Å². The highest BCUT2D eigenvalue weighted by Gasteiger charge is 2.42. The fourth-order valence-electron chi connectivity index (χ4n) is 4.63. The van der Waals surface area contributed by atoms with Gasteiger partial charge < -0.3 is 20.7 Å². The normalized spacial score (nSPS) is 22.0. The van der Waals surface area contributed by atoms with Gasteiger partial charge in [0.05, 0.1) is 23.1 Å². The van der Waals surface area contributed by atoms with Crippen LogP contribution in [0.25, 0.3) is 11.1 Å². The molecule has 2 aliphatic rings. The molecular formula is C26H33ClFN5O. The summed E-state index contributed by atoms with van der Waals surface area (Å²) in [6, 6.07) is 10.2. The highest BCUT2D eigenvalue weighted by Crippen LogP contribution is 2.45. The maximum Gasteiger partial charge on any atom is 0.131 e. The van der Waals surface area contributed by atoms with Gasteiger partial charge in [0.2, 0.25) is 0 Å². The average Bonchev–Trinajstić information content (AvgIpc) is 3.62. The summed E-state index contributed by atoms with van der Waals surface area (Å²) in [5, 5.41) is 20.1. The van der Waals surface area contributed by atoms with Crippen LogP contribution in [0.2, 0.25) is 5.02 Å². The summed E-state index contributed by atoms with van der Waals surface area (Å²) in [6.07, 6.45) is 7.61. The number of nitrogens with zero attached hydrogens (tertiary/aromatic N) is 2. The molecule has 2 aliphatic carbocycles. The van der Waals surface area contributed by atoms with E-state index in [4.69, 9.17) is 16.3 Å². The topological polar surface area (TPSA) is 82.0 Å². The molecule has 6 nitrogen and oxygen atoms in total. The smallest absolute Gasteiger partial charge is 0.131 e. The van der Waals surface area contributed by atoms with Crippen LogP contribution < -0.4 is 16.0 Å². The summed E-state index contributed by atoms with van der Waals surface area (Å²) >= 11 is 6.43. The van der Waals surface area contributed by atoms with Crippen LogP contribution in [0.4, 0.5) is 15.9 Å². The number of ether oxygens (including phenoxy) is 1. The van der Waals surface area contributed by atoms with Crippen molar-refractivity contribution in [3.8, 4) is 17.2 Å². The molecule has 0 aliphatic heterocycles. The fourth-order valence-corrected chi connectivity index (χ4v) is 4.84. The number of nitriles is 1. The summed E-state index contributed by atoms with van der Waals surface area (Å²) in [6.45, 7) is 3.42. The summed E-state index contributed by atoms with van der Waals surface area (Å²) < 4.78 is 20.0. The molecule has 2 saturated carbocycles. The molecule has 34 heavy (non-hydrogen) atoms. The van der Waals surface area contributed by atoms with Gasteiger partial charge in [0.25, 0.3) is 0 Å². The van der Waals surface area contributed by atoms with Crippen molar-refractivity contribution in [3.63, 3.8) is 0 Å². The van der Waals surface area contributed by atoms with E-state index in [1.165, 1.54) is 6.07 Å². The van der Waals surface area contributed by atoms with Crippen molar-refractivity contribution >= 4 is 23.1 Å². The molecule has 1 heterocycles. The van der Waals surface area contributed by atoms with Crippen molar-refractivity contribution in [2.24, 2.45) is 5.41 Å². The minimum absolute atomic E-state index is 0.281. The molecule has 0 saturated heterocycles. The molecule has 2 fully saturated rings. The number of halogens is 2. The minimum Gasteiger partial charge on any atom is -0.383 e. The van der Waals surface area contributed by atoms with Gasteiger partial charge in [-0.25, -0.2) is 9.37 Å². The molecule has 1 aromatic carbocycles. The van der Waals surface area contributed by atoms with Gasteiger partial charge in [0.15, 0.2) is 0 Å². The summed E-state index contributed by atoms with van der Waals surface area (Å²) in [7, 11) is 1.73. The molecule has 1 aromatic heterocycles. The molecule has 182 valence electrons. The largest absolute Gasteiger partial charge is 0.383 e. The van der Waals surface area contributed by atoms with E-state index in [2.05, 4.69) is 33.9 Å². The second kappa shape index (κ2) is 10.9. The van der Waals surface area contributed by atoms with Crippen LogP contribution in [0.5, 0.6) is 0 Å². The average molecular weight is 486 g/mol. The number of anilines is 2. The van der Waals surface area contributed by atoms with Gasteiger partial charge in [-0.2, -0.15) is 5.26 Å². The SMILES string of the molecule is COC[C@@H](C)NC1CCC(Nc2cc(-c3cc(NCC4(C#N)CC4)ccc3F)c(Cl)cn2)CC1. The third kappa shape index (κ3) is 6.18. The van der Waals surface area contributed by atoms with E-state index in [9.17, 15) is 9.65 Å². The van der Waals surface area contributed by atoms with Gasteiger partial charge in [-0.15, -0.1) is 0 Å². The van der Waals surface area contributed by atoms with Gasteiger partial charge >= 0.3 is 0 Å². The predicted octanol–water partition coefficient (Wildman–Crippen LogP) is 5.60. The second-order valence-electron chi connectivity index (χ2n) is 9.71.